The Morgan fingerprint density at radius 1 is 2.50 bits per heavy atom. The smallest absolute Gasteiger partial charge is 0.254 e. The Bertz CT molecular complexity index is 25.6. The van der Waals surface area contributed by atoms with Crippen molar-refractivity contribution in [1.29, 1.82) is 1.34 Å². The van der Waals surface area contributed by atoms with Crippen molar-refractivity contribution in [2.24, 2.45) is 0 Å². The third kappa shape index (κ3) is 2.68. The fourth-order valence-corrected chi connectivity index (χ4v) is 0. The molecule has 0 radical (unpaired) electrons. The molecule has 4 heteroatoms. The molecule has 0 N–H and O–H groups in total. The predicted octanol–water partition coefficient (Wildman–Crippen LogP) is 0.589. The molecule has 0 aliphatic carbocycles. The molecule has 4 heavy (non-hydrogen) atoms. The minimum Gasteiger partial charge on any atom is -0.254 e. The summed E-state index contributed by atoms with van der Waals surface area (Å²) in [7, 11) is 0. The van der Waals surface area contributed by atoms with Gasteiger partial charge >= 0.3 is 5.30 Å². The highest BCUT2D eigenvalue weighted by atomic mass is 127. The van der Waals surface area contributed by atoms with Crippen molar-refractivity contribution in [3.05, 3.63) is 0 Å². The van der Waals surface area contributed by atoms with E-state index in [0.29, 0.717) is 0 Å². The van der Waals surface area contributed by atoms with Crippen molar-refractivity contribution in [2.45, 2.75) is 0 Å². The summed E-state index contributed by atoms with van der Waals surface area (Å²) in [6, 6.07) is 0. The lowest BCUT2D eigenvalue weighted by Gasteiger charge is -1.63. The molecule has 0 aliphatic rings. The fourth-order valence-electron chi connectivity index (χ4n) is 0. The molecule has 0 saturated carbocycles. The lowest BCUT2D eigenvalue weighted by Crippen LogP contribution is -1.67. The molecule has 0 aromatic heterocycles. The van der Waals surface area contributed by atoms with E-state index in [0.717, 1.165) is 0 Å². The molecule has 0 bridgehead atoms. The Morgan fingerprint density at radius 3 is 2.75 bits per heavy atom. The van der Waals surface area contributed by atoms with Crippen LogP contribution < -0.4 is 0 Å². The maximum atomic E-state index is 10.4. The van der Waals surface area contributed by atoms with E-state index in [2.05, 4.69) is 4.86 Å². The highest BCUT2D eigenvalue weighted by Crippen LogP contribution is 1.74. The zero-order valence-corrected chi connectivity index (χ0v) is 3.90. The zero-order chi connectivity index (χ0) is 4.28. The van der Waals surface area contributed by atoms with Crippen LogP contribution in [0.5, 0.6) is 0 Å². The summed E-state index contributed by atoms with van der Waals surface area (Å²) in [5, 5.41) is -1.06. The lowest BCUT2D eigenvalue weighted by atomic mass is 10.6. The molecule has 0 unspecified atom stereocenters. The summed E-state index contributed by atoms with van der Waals surface area (Å²) in [5.41, 5.74) is 0. The van der Waals surface area contributed by atoms with E-state index in [-0.39, 0.29) is 0 Å². The minimum absolute atomic E-state index is 1.06. The Balaban J connectivity index is 2.54. The van der Waals surface area contributed by atoms with Gasteiger partial charge in [-0.3, -0.25) is 4.86 Å². The second-order valence-electron chi connectivity index (χ2n) is 0.178. The lowest BCUT2D eigenvalue weighted by molar-refractivity contribution is 0.00369. The monoisotopic (exact) mass is 175 g/mol. The van der Waals surface area contributed by atoms with E-state index in [1.165, 1.54) is 22.4 Å². The van der Waals surface area contributed by atoms with Gasteiger partial charge in [-0.15, -0.1) is 22.4 Å². The maximum Gasteiger partial charge on any atom is 0.398 e. The van der Waals surface area contributed by atoms with Crippen molar-refractivity contribution in [1.82, 2.24) is 0 Å². The van der Waals surface area contributed by atoms with E-state index in [4.69, 9.17) is 1.34 Å². The van der Waals surface area contributed by atoms with E-state index >= 15 is 0 Å². The Labute approximate surface area is 38.9 Å². The third-order valence-electron chi connectivity index (χ3n) is 0.0337. The molecule has 0 rings (SSSR count). The van der Waals surface area contributed by atoms with Crippen molar-refractivity contribution < 1.29 is 9.39 Å². The first-order valence-electron chi connectivity index (χ1n) is 1.19. The quantitative estimate of drug-likeness (QED) is 0.418. The molecular formula is HBFIO. The van der Waals surface area contributed by atoms with Gasteiger partial charge in [0, 0.05) is 1.34 Å². The molecule has 0 saturated heterocycles. The second kappa shape index (κ2) is 3.68. The summed E-state index contributed by atoms with van der Waals surface area (Å²) < 4.78 is 16.6. The molecule has 0 aromatic rings. The van der Waals surface area contributed by atoms with Gasteiger partial charge in [-0.1, -0.05) is 4.53 Å². The molecule has 0 aliphatic heterocycles. The first kappa shape index (κ1) is 2.90. The van der Waals surface area contributed by atoms with Crippen LogP contribution in [0.15, 0.2) is 0 Å². The minimum atomic E-state index is -1.06. The highest BCUT2D eigenvalue weighted by molar-refractivity contribution is 14.1. The normalized spacial score (nSPS) is 10.0. The summed E-state index contributed by atoms with van der Waals surface area (Å²) >= 11 is 1.48. The van der Waals surface area contributed by atoms with Crippen molar-refractivity contribution >= 4 is 27.7 Å². The fraction of sp³-hybridized carbons (Fsp3) is 0. The topological polar surface area (TPSA) is 9.23 Å². The number of hydrogen-bond donors (Lipinski definition) is 0. The van der Waals surface area contributed by atoms with Crippen LogP contribution in [0.1, 0.15) is 0 Å². The van der Waals surface area contributed by atoms with Crippen LogP contribution in [0.2, 0.25) is 0 Å². The SMILES string of the molecule is [2H]B(I)OF. The van der Waals surface area contributed by atoms with Crippen LogP contribution in [-0.2, 0) is 4.86 Å². The molecule has 0 aromatic carbocycles. The molecule has 0 amide bonds. The van der Waals surface area contributed by atoms with Gasteiger partial charge in [-0.2, -0.15) is 0 Å². The van der Waals surface area contributed by atoms with Crippen molar-refractivity contribution in [3.63, 3.8) is 0 Å². The van der Waals surface area contributed by atoms with E-state index in [1.54, 1.807) is 0 Å². The average Bonchev–Trinajstić information content (AvgIpc) is 1.38. The summed E-state index contributed by atoms with van der Waals surface area (Å²) in [6.07, 6.45) is 0. The van der Waals surface area contributed by atoms with Crippen molar-refractivity contribution in [3.8, 4) is 0 Å². The molecule has 0 spiro atoms. The second-order valence-corrected chi connectivity index (χ2v) is 0.687. The van der Waals surface area contributed by atoms with E-state index < -0.39 is 5.30 Å². The van der Waals surface area contributed by atoms with Gasteiger partial charge in [0.15, 0.2) is 0 Å². The first-order chi connectivity index (χ1) is 2.27. The van der Waals surface area contributed by atoms with Crippen LogP contribution in [-0.4, -0.2) is 6.64 Å². The summed E-state index contributed by atoms with van der Waals surface area (Å²) in [5.74, 6) is 0. The number of hydrogen-bond acceptors (Lipinski definition) is 1. The molecule has 0 atom stereocenters. The van der Waals surface area contributed by atoms with Crippen LogP contribution in [0.25, 0.3) is 0 Å². The Morgan fingerprint density at radius 2 is 2.75 bits per heavy atom. The zero-order valence-electron chi connectivity index (χ0n) is 2.74. The van der Waals surface area contributed by atoms with Gasteiger partial charge in [0.05, 0.1) is 0 Å². The maximum absolute atomic E-state index is 10.4. The van der Waals surface area contributed by atoms with Gasteiger partial charge in [0.2, 0.25) is 0 Å². The van der Waals surface area contributed by atoms with Gasteiger partial charge in [-0.05, 0) is 0 Å². The summed E-state index contributed by atoms with van der Waals surface area (Å²) in [4.78, 5) is 2.90. The Kier molecular flexibility index (Phi) is 2.67. The third-order valence-corrected chi connectivity index (χ3v) is 0.226. The Hall–Kier alpha value is 0.685. The molecule has 0 heterocycles. The summed E-state index contributed by atoms with van der Waals surface area (Å²) in [6.45, 7) is 0. The van der Waals surface area contributed by atoms with Crippen LogP contribution in [0, 0.1) is 0 Å². The average molecular weight is 175 g/mol. The molecule has 24 valence electrons. The van der Waals surface area contributed by atoms with E-state index in [9.17, 15) is 4.53 Å². The number of rotatable bonds is 1. The molecule has 0 fully saturated rings. The van der Waals surface area contributed by atoms with Crippen molar-refractivity contribution in [2.75, 3.05) is 0 Å². The van der Waals surface area contributed by atoms with Gasteiger partial charge < -0.3 is 0 Å². The van der Waals surface area contributed by atoms with Gasteiger partial charge in [0.25, 0.3) is 0 Å². The first-order valence-corrected chi connectivity index (χ1v) is 1.85. The standard InChI is InChI=1S/BFHIO/c2-4-1-3/h1H/i1D. The molecular weight excluding hydrogens is 173 g/mol. The van der Waals surface area contributed by atoms with Crippen LogP contribution in [0.4, 0.5) is 4.53 Å². The predicted molar refractivity (Wildman–Crippen MR) is 23.4 cm³/mol. The largest absolute Gasteiger partial charge is 0.398 e. The van der Waals surface area contributed by atoms with Gasteiger partial charge in [0.1, 0.15) is 0 Å². The molecule has 1 nitrogen and oxygen atoms in total. The van der Waals surface area contributed by atoms with Crippen LogP contribution in [0.3, 0.4) is 0 Å². The van der Waals surface area contributed by atoms with E-state index in [1.807, 2.05) is 0 Å². The highest BCUT2D eigenvalue weighted by Gasteiger charge is 1.69. The van der Waals surface area contributed by atoms with Gasteiger partial charge in [-0.25, -0.2) is 0 Å². The van der Waals surface area contributed by atoms with Crippen LogP contribution >= 0.6 is 22.4 Å². The number of halogens is 2.